The highest BCUT2D eigenvalue weighted by atomic mass is 16.3. The maximum absolute atomic E-state index is 10.2. The molecule has 2 N–H and O–H groups in total. The van der Waals surface area contributed by atoms with Crippen LogP contribution >= 0.6 is 0 Å². The van der Waals surface area contributed by atoms with Crippen LogP contribution in [-0.4, -0.2) is 40.9 Å². The topological polar surface area (TPSA) is 43.7 Å². The van der Waals surface area contributed by atoms with E-state index in [9.17, 15) is 10.2 Å². The van der Waals surface area contributed by atoms with Gasteiger partial charge < -0.3 is 15.1 Å². The Bertz CT molecular complexity index is 404. The van der Waals surface area contributed by atoms with Gasteiger partial charge in [-0.15, -0.1) is 0 Å². The predicted octanol–water partition coefficient (Wildman–Crippen LogP) is 2.65. The molecule has 0 radical (unpaired) electrons. The Hall–Kier alpha value is -0.900. The molecule has 20 heavy (non-hydrogen) atoms. The first-order valence-electron chi connectivity index (χ1n) is 7.71. The van der Waals surface area contributed by atoms with Crippen LogP contribution in [0.2, 0.25) is 0 Å². The third kappa shape index (κ3) is 4.05. The molecule has 1 aromatic carbocycles. The van der Waals surface area contributed by atoms with Gasteiger partial charge in [0.1, 0.15) is 0 Å². The van der Waals surface area contributed by atoms with Crippen LogP contribution in [0, 0.1) is 6.92 Å². The molecule has 112 valence electrons. The molecule has 3 nitrogen and oxygen atoms in total. The first-order chi connectivity index (χ1) is 9.58. The van der Waals surface area contributed by atoms with Crippen LogP contribution in [-0.2, 0) is 0 Å². The van der Waals surface area contributed by atoms with Crippen molar-refractivity contribution in [2.24, 2.45) is 0 Å². The van der Waals surface area contributed by atoms with Crippen molar-refractivity contribution < 1.29 is 10.2 Å². The van der Waals surface area contributed by atoms with Gasteiger partial charge in [0.25, 0.3) is 0 Å². The lowest BCUT2D eigenvalue weighted by atomic mass is 9.91. The maximum Gasteiger partial charge on any atom is 0.0802 e. The highest BCUT2D eigenvalue weighted by Crippen LogP contribution is 2.24. The summed E-state index contributed by atoms with van der Waals surface area (Å²) in [5.41, 5.74) is 2.19. The van der Waals surface area contributed by atoms with E-state index in [-0.39, 0.29) is 12.1 Å². The smallest absolute Gasteiger partial charge is 0.0802 e. The Morgan fingerprint density at radius 2 is 1.85 bits per heavy atom. The molecule has 1 aromatic rings. The van der Waals surface area contributed by atoms with Crippen LogP contribution in [0.25, 0.3) is 0 Å². The molecule has 0 amide bonds. The van der Waals surface area contributed by atoms with E-state index < -0.39 is 6.10 Å². The van der Waals surface area contributed by atoms with Crippen molar-refractivity contribution in [2.75, 3.05) is 13.6 Å². The summed E-state index contributed by atoms with van der Waals surface area (Å²) in [6.45, 7) is 2.87. The summed E-state index contributed by atoms with van der Waals surface area (Å²) in [5.74, 6) is 0. The Balaban J connectivity index is 1.83. The number of nitrogens with zero attached hydrogens (tertiary/aromatic N) is 1. The fourth-order valence-electron chi connectivity index (χ4n) is 3.05. The average molecular weight is 277 g/mol. The van der Waals surface area contributed by atoms with Gasteiger partial charge in [0.15, 0.2) is 0 Å². The minimum Gasteiger partial charge on any atom is -0.391 e. The molecule has 1 fully saturated rings. The summed E-state index contributed by atoms with van der Waals surface area (Å²) in [7, 11) is 2.06. The zero-order valence-electron chi connectivity index (χ0n) is 12.6. The molecule has 0 bridgehead atoms. The predicted molar refractivity (Wildman–Crippen MR) is 81.6 cm³/mol. The van der Waals surface area contributed by atoms with Crippen molar-refractivity contribution in [3.63, 3.8) is 0 Å². The van der Waals surface area contributed by atoms with E-state index in [1.807, 2.05) is 24.3 Å². The zero-order chi connectivity index (χ0) is 14.5. The molecule has 3 atom stereocenters. The van der Waals surface area contributed by atoms with E-state index >= 15 is 0 Å². The second-order valence-corrected chi connectivity index (χ2v) is 6.11. The lowest BCUT2D eigenvalue weighted by Crippen LogP contribution is -2.43. The molecule has 0 spiro atoms. The molecule has 0 saturated heterocycles. The molecule has 3 unspecified atom stereocenters. The Kier molecular flexibility index (Phi) is 5.58. The maximum atomic E-state index is 10.2. The summed E-state index contributed by atoms with van der Waals surface area (Å²) in [6, 6.07) is 8.32. The average Bonchev–Trinajstić information content (AvgIpc) is 2.45. The van der Waals surface area contributed by atoms with Crippen LogP contribution in [0.15, 0.2) is 24.3 Å². The van der Waals surface area contributed by atoms with Gasteiger partial charge in [-0.1, -0.05) is 42.7 Å². The molecule has 0 heterocycles. The molecule has 1 saturated carbocycles. The van der Waals surface area contributed by atoms with E-state index in [0.29, 0.717) is 6.42 Å². The molecular weight excluding hydrogens is 250 g/mol. The molecule has 3 heteroatoms. The number of likely N-dealkylation sites (N-methyl/N-ethyl adjacent to an activating group) is 1. The summed E-state index contributed by atoms with van der Waals surface area (Å²) >= 11 is 0. The third-order valence-corrected chi connectivity index (χ3v) is 4.48. The summed E-state index contributed by atoms with van der Waals surface area (Å²) in [6.07, 6.45) is 4.41. The standard InChI is InChI=1S/C17H27NO2/c1-13-7-9-14(10-8-13)16(19)11-12-18(2)15-5-3-4-6-17(15)20/h7-10,15-17,19-20H,3-6,11-12H2,1-2H3. The number of aliphatic hydroxyl groups is 2. The van der Waals surface area contributed by atoms with E-state index in [1.165, 1.54) is 12.0 Å². The quantitative estimate of drug-likeness (QED) is 0.869. The van der Waals surface area contributed by atoms with Gasteiger partial charge in [-0.25, -0.2) is 0 Å². The fourth-order valence-corrected chi connectivity index (χ4v) is 3.05. The summed E-state index contributed by atoms with van der Waals surface area (Å²) in [4.78, 5) is 2.21. The molecule has 1 aliphatic carbocycles. The van der Waals surface area contributed by atoms with Crippen molar-refractivity contribution in [2.45, 2.75) is 57.3 Å². The van der Waals surface area contributed by atoms with Crippen LogP contribution in [0.5, 0.6) is 0 Å². The van der Waals surface area contributed by atoms with E-state index in [4.69, 9.17) is 0 Å². The largest absolute Gasteiger partial charge is 0.391 e. The zero-order valence-corrected chi connectivity index (χ0v) is 12.6. The van der Waals surface area contributed by atoms with Gasteiger partial charge in [-0.3, -0.25) is 0 Å². The van der Waals surface area contributed by atoms with Gasteiger partial charge in [-0.05, 0) is 38.8 Å². The van der Waals surface area contributed by atoms with Gasteiger partial charge in [0.05, 0.1) is 12.2 Å². The Morgan fingerprint density at radius 1 is 1.20 bits per heavy atom. The number of rotatable bonds is 5. The van der Waals surface area contributed by atoms with E-state index in [1.54, 1.807) is 0 Å². The SMILES string of the molecule is Cc1ccc(C(O)CCN(C)C2CCCCC2O)cc1. The van der Waals surface area contributed by atoms with Crippen molar-refractivity contribution in [1.29, 1.82) is 0 Å². The fraction of sp³-hybridized carbons (Fsp3) is 0.647. The number of hydrogen-bond donors (Lipinski definition) is 2. The highest BCUT2D eigenvalue weighted by Gasteiger charge is 2.26. The number of aryl methyl sites for hydroxylation is 1. The van der Waals surface area contributed by atoms with E-state index in [2.05, 4.69) is 18.9 Å². The van der Waals surface area contributed by atoms with Gasteiger partial charge in [-0.2, -0.15) is 0 Å². The lowest BCUT2D eigenvalue weighted by Gasteiger charge is -2.35. The second kappa shape index (κ2) is 7.21. The monoisotopic (exact) mass is 277 g/mol. The van der Waals surface area contributed by atoms with Crippen LogP contribution in [0.3, 0.4) is 0 Å². The van der Waals surface area contributed by atoms with Gasteiger partial charge in [0, 0.05) is 12.6 Å². The lowest BCUT2D eigenvalue weighted by molar-refractivity contribution is 0.0253. The van der Waals surface area contributed by atoms with Crippen LogP contribution in [0.1, 0.15) is 49.3 Å². The first kappa shape index (κ1) is 15.5. The second-order valence-electron chi connectivity index (χ2n) is 6.11. The minimum absolute atomic E-state index is 0.203. The summed E-state index contributed by atoms with van der Waals surface area (Å²) in [5, 5.41) is 20.3. The van der Waals surface area contributed by atoms with Crippen molar-refractivity contribution in [3.05, 3.63) is 35.4 Å². The highest BCUT2D eigenvalue weighted by molar-refractivity contribution is 5.23. The van der Waals surface area contributed by atoms with Crippen molar-refractivity contribution >= 4 is 0 Å². The number of hydrogen-bond acceptors (Lipinski definition) is 3. The third-order valence-electron chi connectivity index (χ3n) is 4.48. The van der Waals surface area contributed by atoms with Crippen LogP contribution in [0.4, 0.5) is 0 Å². The number of aliphatic hydroxyl groups excluding tert-OH is 2. The summed E-state index contributed by atoms with van der Waals surface area (Å²) < 4.78 is 0. The van der Waals surface area contributed by atoms with Gasteiger partial charge >= 0.3 is 0 Å². The molecule has 0 aromatic heterocycles. The number of benzene rings is 1. The van der Waals surface area contributed by atoms with Crippen LogP contribution < -0.4 is 0 Å². The molecule has 2 rings (SSSR count). The minimum atomic E-state index is -0.418. The normalized spacial score (nSPS) is 24.9. The van der Waals surface area contributed by atoms with Crippen molar-refractivity contribution in [3.8, 4) is 0 Å². The Morgan fingerprint density at radius 3 is 2.50 bits per heavy atom. The van der Waals surface area contributed by atoms with Gasteiger partial charge in [0.2, 0.25) is 0 Å². The molecule has 1 aliphatic rings. The molecule has 0 aliphatic heterocycles. The Labute approximate surface area is 122 Å². The van der Waals surface area contributed by atoms with Crippen molar-refractivity contribution in [1.82, 2.24) is 4.90 Å². The molecular formula is C17H27NO2. The first-order valence-corrected chi connectivity index (χ1v) is 7.71. The van der Waals surface area contributed by atoms with E-state index in [0.717, 1.165) is 31.4 Å².